The standard InChI is InChI=1S/C11H11NO3/c1-7-3-4-8(2)9(5-7)10(14)11(15)12-6-13/h3-6H,1-2H3,(H,12,13,15). The predicted octanol–water partition coefficient (Wildman–Crippen LogP) is 0.759. The minimum atomic E-state index is -0.904. The quantitative estimate of drug-likeness (QED) is 0.450. The fraction of sp³-hybridized carbons (Fsp3) is 0.182. The summed E-state index contributed by atoms with van der Waals surface area (Å²) in [6.45, 7) is 3.56. The number of rotatable bonds is 3. The molecule has 4 heteroatoms. The Hall–Kier alpha value is -1.97. The zero-order valence-corrected chi connectivity index (χ0v) is 8.53. The number of amides is 2. The van der Waals surface area contributed by atoms with E-state index in [1.807, 2.05) is 18.3 Å². The molecule has 0 saturated carbocycles. The monoisotopic (exact) mass is 205 g/mol. The van der Waals surface area contributed by atoms with Crippen molar-refractivity contribution >= 4 is 18.1 Å². The first kappa shape index (κ1) is 11.1. The van der Waals surface area contributed by atoms with Crippen molar-refractivity contribution in [3.63, 3.8) is 0 Å². The van der Waals surface area contributed by atoms with E-state index in [0.29, 0.717) is 11.1 Å². The molecule has 0 aliphatic carbocycles. The lowest BCUT2D eigenvalue weighted by Gasteiger charge is -2.04. The molecule has 0 radical (unpaired) electrons. The number of nitrogens with one attached hydrogen (secondary N) is 1. The molecule has 0 unspecified atom stereocenters. The number of aryl methyl sites for hydroxylation is 2. The van der Waals surface area contributed by atoms with Crippen LogP contribution in [-0.4, -0.2) is 18.1 Å². The number of Topliss-reactive ketones (excluding diaryl/α,β-unsaturated/α-hetero) is 1. The van der Waals surface area contributed by atoms with Crippen LogP contribution in [0.15, 0.2) is 18.2 Å². The summed E-state index contributed by atoms with van der Waals surface area (Å²) in [5.41, 5.74) is 1.93. The van der Waals surface area contributed by atoms with Crippen LogP contribution in [0.25, 0.3) is 0 Å². The summed E-state index contributed by atoms with van der Waals surface area (Å²) in [6, 6.07) is 5.24. The molecule has 2 amide bonds. The number of carbonyl (C=O) groups is 3. The van der Waals surface area contributed by atoms with Gasteiger partial charge < -0.3 is 0 Å². The number of hydrogen-bond donors (Lipinski definition) is 1. The number of benzene rings is 1. The lowest BCUT2D eigenvalue weighted by molar-refractivity contribution is -0.122. The van der Waals surface area contributed by atoms with Crippen LogP contribution in [-0.2, 0) is 9.59 Å². The van der Waals surface area contributed by atoms with E-state index in [-0.39, 0.29) is 6.41 Å². The maximum absolute atomic E-state index is 11.5. The van der Waals surface area contributed by atoms with E-state index in [1.165, 1.54) is 0 Å². The van der Waals surface area contributed by atoms with Gasteiger partial charge in [0, 0.05) is 5.56 Å². The van der Waals surface area contributed by atoms with Crippen LogP contribution in [0.4, 0.5) is 0 Å². The number of carbonyl (C=O) groups excluding carboxylic acids is 3. The highest BCUT2D eigenvalue weighted by Gasteiger charge is 2.17. The van der Waals surface area contributed by atoms with Gasteiger partial charge in [-0.1, -0.05) is 17.7 Å². The molecule has 1 N–H and O–H groups in total. The van der Waals surface area contributed by atoms with E-state index >= 15 is 0 Å². The molecule has 1 aromatic carbocycles. The summed E-state index contributed by atoms with van der Waals surface area (Å²) in [7, 11) is 0. The summed E-state index contributed by atoms with van der Waals surface area (Å²) < 4.78 is 0. The van der Waals surface area contributed by atoms with Gasteiger partial charge in [-0.05, 0) is 25.5 Å². The van der Waals surface area contributed by atoms with E-state index in [0.717, 1.165) is 5.56 Å². The smallest absolute Gasteiger partial charge is 0.292 e. The Bertz CT molecular complexity index is 424. The lowest BCUT2D eigenvalue weighted by atomic mass is 10.0. The van der Waals surface area contributed by atoms with Crippen LogP contribution < -0.4 is 5.32 Å². The summed E-state index contributed by atoms with van der Waals surface area (Å²) in [5, 5.41) is 1.82. The average Bonchev–Trinajstić information content (AvgIpc) is 2.21. The van der Waals surface area contributed by atoms with Gasteiger partial charge >= 0.3 is 0 Å². The van der Waals surface area contributed by atoms with Crippen molar-refractivity contribution in [1.29, 1.82) is 0 Å². The zero-order chi connectivity index (χ0) is 11.4. The van der Waals surface area contributed by atoms with E-state index in [4.69, 9.17) is 0 Å². The van der Waals surface area contributed by atoms with Crippen molar-refractivity contribution in [1.82, 2.24) is 5.32 Å². The average molecular weight is 205 g/mol. The molecule has 0 spiro atoms. The molecule has 0 aliphatic rings. The third-order valence-electron chi connectivity index (χ3n) is 2.03. The summed E-state index contributed by atoms with van der Waals surface area (Å²) in [6.07, 6.45) is 0.200. The Morgan fingerprint density at radius 2 is 1.93 bits per heavy atom. The van der Waals surface area contributed by atoms with Gasteiger partial charge in [0.25, 0.3) is 11.7 Å². The van der Waals surface area contributed by atoms with Crippen LogP contribution in [0.1, 0.15) is 21.5 Å². The van der Waals surface area contributed by atoms with Gasteiger partial charge in [-0.25, -0.2) is 0 Å². The first-order valence-electron chi connectivity index (χ1n) is 4.42. The molecule has 0 aliphatic heterocycles. The summed E-state index contributed by atoms with van der Waals surface area (Å²) in [5.74, 6) is -1.60. The van der Waals surface area contributed by atoms with Crippen molar-refractivity contribution in [3.05, 3.63) is 34.9 Å². The molecule has 78 valence electrons. The molecular weight excluding hydrogens is 194 g/mol. The molecule has 0 bridgehead atoms. The summed E-state index contributed by atoms with van der Waals surface area (Å²) in [4.78, 5) is 32.7. The Morgan fingerprint density at radius 3 is 2.53 bits per heavy atom. The van der Waals surface area contributed by atoms with Crippen molar-refractivity contribution in [2.75, 3.05) is 0 Å². The normalized spacial score (nSPS) is 9.47. The van der Waals surface area contributed by atoms with Gasteiger partial charge in [0.2, 0.25) is 6.41 Å². The Kier molecular flexibility index (Phi) is 3.33. The minimum absolute atomic E-state index is 0.200. The molecule has 0 atom stereocenters. The maximum Gasteiger partial charge on any atom is 0.298 e. The van der Waals surface area contributed by atoms with Gasteiger partial charge in [0.1, 0.15) is 0 Å². The fourth-order valence-electron chi connectivity index (χ4n) is 1.22. The second-order valence-corrected chi connectivity index (χ2v) is 3.24. The highest BCUT2D eigenvalue weighted by molar-refractivity contribution is 6.44. The topological polar surface area (TPSA) is 63.2 Å². The maximum atomic E-state index is 11.5. The van der Waals surface area contributed by atoms with Crippen molar-refractivity contribution < 1.29 is 14.4 Å². The number of ketones is 1. The fourth-order valence-corrected chi connectivity index (χ4v) is 1.22. The van der Waals surface area contributed by atoms with Gasteiger partial charge in [0.05, 0.1) is 0 Å². The van der Waals surface area contributed by atoms with E-state index < -0.39 is 11.7 Å². The molecule has 0 aromatic heterocycles. The van der Waals surface area contributed by atoms with Gasteiger partial charge in [-0.15, -0.1) is 0 Å². The SMILES string of the molecule is Cc1ccc(C)c(C(=O)C(=O)NC=O)c1. The van der Waals surface area contributed by atoms with Gasteiger partial charge in [0.15, 0.2) is 0 Å². The molecule has 1 rings (SSSR count). The minimum Gasteiger partial charge on any atom is -0.292 e. The second-order valence-electron chi connectivity index (χ2n) is 3.24. The molecule has 4 nitrogen and oxygen atoms in total. The summed E-state index contributed by atoms with van der Waals surface area (Å²) >= 11 is 0. The van der Waals surface area contributed by atoms with Crippen LogP contribution in [0.3, 0.4) is 0 Å². The molecule has 0 saturated heterocycles. The Balaban J connectivity index is 3.05. The van der Waals surface area contributed by atoms with Crippen LogP contribution in [0.5, 0.6) is 0 Å². The number of hydrogen-bond acceptors (Lipinski definition) is 3. The largest absolute Gasteiger partial charge is 0.298 e. The lowest BCUT2D eigenvalue weighted by Crippen LogP contribution is -2.30. The van der Waals surface area contributed by atoms with Gasteiger partial charge in [-0.2, -0.15) is 0 Å². The Morgan fingerprint density at radius 1 is 1.27 bits per heavy atom. The van der Waals surface area contributed by atoms with Crippen molar-refractivity contribution in [2.45, 2.75) is 13.8 Å². The molecule has 0 fully saturated rings. The van der Waals surface area contributed by atoms with Crippen LogP contribution in [0, 0.1) is 13.8 Å². The van der Waals surface area contributed by atoms with Gasteiger partial charge in [-0.3, -0.25) is 19.7 Å². The van der Waals surface area contributed by atoms with E-state index in [1.54, 1.807) is 19.1 Å². The van der Waals surface area contributed by atoms with Crippen LogP contribution >= 0.6 is 0 Å². The first-order valence-corrected chi connectivity index (χ1v) is 4.42. The highest BCUT2D eigenvalue weighted by Crippen LogP contribution is 2.11. The van der Waals surface area contributed by atoms with Crippen molar-refractivity contribution in [3.8, 4) is 0 Å². The van der Waals surface area contributed by atoms with E-state index in [2.05, 4.69) is 0 Å². The third-order valence-corrected chi connectivity index (χ3v) is 2.03. The van der Waals surface area contributed by atoms with Crippen molar-refractivity contribution in [2.24, 2.45) is 0 Å². The number of imide groups is 1. The highest BCUT2D eigenvalue weighted by atomic mass is 16.2. The third kappa shape index (κ3) is 2.49. The Labute approximate surface area is 87.3 Å². The molecule has 1 aromatic rings. The molecular formula is C11H11NO3. The zero-order valence-electron chi connectivity index (χ0n) is 8.53. The van der Waals surface area contributed by atoms with E-state index in [9.17, 15) is 14.4 Å². The second kappa shape index (κ2) is 4.50. The van der Waals surface area contributed by atoms with Crippen LogP contribution in [0.2, 0.25) is 0 Å². The predicted molar refractivity (Wildman–Crippen MR) is 54.5 cm³/mol. The molecule has 15 heavy (non-hydrogen) atoms. The first-order chi connectivity index (χ1) is 7.06. The molecule has 0 heterocycles.